The molecule has 0 aromatic carbocycles. The number of aromatic nitrogens is 4. The Labute approximate surface area is 134 Å². The molecular weight excluding hydrogens is 292 g/mol. The number of nitrogens with two attached hydrogens (primary N) is 2. The molecule has 122 valence electrons. The Morgan fingerprint density at radius 3 is 2.74 bits per heavy atom. The van der Waals surface area contributed by atoms with Crippen molar-refractivity contribution in [2.45, 2.75) is 39.5 Å². The number of fused-ring (bicyclic) bond motifs is 3. The van der Waals surface area contributed by atoms with Gasteiger partial charge in [0.05, 0.1) is 5.52 Å². The lowest BCUT2D eigenvalue weighted by Crippen LogP contribution is -2.37. The predicted octanol–water partition coefficient (Wildman–Crippen LogP) is 1.84. The van der Waals surface area contributed by atoms with Gasteiger partial charge in [-0.1, -0.05) is 0 Å². The summed E-state index contributed by atoms with van der Waals surface area (Å²) in [6.45, 7) is 7.50. The monoisotopic (exact) mass is 314 g/mol. The predicted molar refractivity (Wildman–Crippen MR) is 90.8 cm³/mol. The fourth-order valence-corrected chi connectivity index (χ4v) is 2.65. The number of imidazole rings is 1. The summed E-state index contributed by atoms with van der Waals surface area (Å²) < 4.78 is 7.60. The maximum atomic E-state index is 6.24. The lowest BCUT2D eigenvalue weighted by Gasteiger charge is -2.21. The van der Waals surface area contributed by atoms with Gasteiger partial charge in [0.1, 0.15) is 29.0 Å². The third-order valence-corrected chi connectivity index (χ3v) is 3.54. The lowest BCUT2D eigenvalue weighted by molar-refractivity contribution is 0.125. The van der Waals surface area contributed by atoms with Crippen LogP contribution in [0.25, 0.3) is 22.1 Å². The summed E-state index contributed by atoms with van der Waals surface area (Å²) in [6, 6.07) is 3.74. The van der Waals surface area contributed by atoms with Crippen LogP contribution in [0.15, 0.2) is 18.3 Å². The van der Waals surface area contributed by atoms with Crippen molar-refractivity contribution in [3.63, 3.8) is 0 Å². The summed E-state index contributed by atoms with van der Waals surface area (Å²) >= 11 is 0. The summed E-state index contributed by atoms with van der Waals surface area (Å²) in [7, 11) is 0. The lowest BCUT2D eigenvalue weighted by atomic mass is 10.1. The van der Waals surface area contributed by atoms with Crippen LogP contribution in [0.2, 0.25) is 0 Å². The molecule has 3 heterocycles. The van der Waals surface area contributed by atoms with E-state index >= 15 is 0 Å². The molecule has 7 heteroatoms. The molecule has 0 aliphatic heterocycles. The molecule has 23 heavy (non-hydrogen) atoms. The molecule has 0 radical (unpaired) electrons. The Hall–Kier alpha value is -2.25. The third kappa shape index (κ3) is 2.97. The number of anilines is 1. The van der Waals surface area contributed by atoms with E-state index in [4.69, 9.17) is 16.2 Å². The SMILES string of the molecule is CCOCc1nc2c(N)nc3cccnc3c2n1CC(C)(C)N. The Morgan fingerprint density at radius 1 is 1.26 bits per heavy atom. The number of nitrogens with zero attached hydrogens (tertiary/aromatic N) is 4. The van der Waals surface area contributed by atoms with Crippen molar-refractivity contribution in [3.05, 3.63) is 24.2 Å². The van der Waals surface area contributed by atoms with E-state index < -0.39 is 5.54 Å². The number of nitrogen functional groups attached to an aromatic ring is 1. The van der Waals surface area contributed by atoms with Crippen LogP contribution in [0, 0.1) is 0 Å². The maximum absolute atomic E-state index is 6.24. The molecule has 7 nitrogen and oxygen atoms in total. The van der Waals surface area contributed by atoms with Crippen molar-refractivity contribution >= 4 is 27.9 Å². The topological polar surface area (TPSA) is 105 Å². The van der Waals surface area contributed by atoms with E-state index in [-0.39, 0.29) is 0 Å². The fourth-order valence-electron chi connectivity index (χ4n) is 2.65. The highest BCUT2D eigenvalue weighted by Crippen LogP contribution is 2.28. The van der Waals surface area contributed by atoms with Crippen molar-refractivity contribution < 1.29 is 4.74 Å². The minimum atomic E-state index is -0.409. The second-order valence-corrected chi connectivity index (χ2v) is 6.31. The van der Waals surface area contributed by atoms with Crippen LogP contribution in [0.5, 0.6) is 0 Å². The van der Waals surface area contributed by atoms with Gasteiger partial charge in [0.2, 0.25) is 0 Å². The van der Waals surface area contributed by atoms with Gasteiger partial charge >= 0.3 is 0 Å². The third-order valence-electron chi connectivity index (χ3n) is 3.54. The van der Waals surface area contributed by atoms with E-state index in [0.717, 1.165) is 22.4 Å². The smallest absolute Gasteiger partial charge is 0.152 e. The van der Waals surface area contributed by atoms with Crippen molar-refractivity contribution in [1.29, 1.82) is 0 Å². The van der Waals surface area contributed by atoms with Gasteiger partial charge in [-0.3, -0.25) is 4.98 Å². The van der Waals surface area contributed by atoms with Crippen LogP contribution in [0.4, 0.5) is 5.82 Å². The van der Waals surface area contributed by atoms with Gasteiger partial charge in [-0.2, -0.15) is 0 Å². The molecule has 3 rings (SSSR count). The first-order valence-corrected chi connectivity index (χ1v) is 7.66. The van der Waals surface area contributed by atoms with Gasteiger partial charge in [-0.05, 0) is 32.9 Å². The Balaban J connectivity index is 2.32. The second-order valence-electron chi connectivity index (χ2n) is 6.31. The average Bonchev–Trinajstić information content (AvgIpc) is 2.83. The molecule has 3 aromatic rings. The zero-order valence-electron chi connectivity index (χ0n) is 13.7. The summed E-state index contributed by atoms with van der Waals surface area (Å²) in [4.78, 5) is 13.5. The number of ether oxygens (including phenoxy) is 1. The van der Waals surface area contributed by atoms with E-state index in [2.05, 4.69) is 19.5 Å². The Bertz CT molecular complexity index is 849. The number of rotatable bonds is 5. The molecule has 0 saturated heterocycles. The minimum Gasteiger partial charge on any atom is -0.382 e. The number of hydrogen-bond acceptors (Lipinski definition) is 6. The zero-order valence-corrected chi connectivity index (χ0v) is 13.7. The molecule has 0 saturated carbocycles. The fraction of sp³-hybridized carbons (Fsp3) is 0.438. The maximum Gasteiger partial charge on any atom is 0.152 e. The molecule has 0 fully saturated rings. The standard InChI is InChI=1S/C16H22N6O/c1-4-23-8-11-21-13-14(22(11)9-16(2,3)18)12-10(20-15(13)17)6-5-7-19-12/h5-7H,4,8-9,18H2,1-3H3,(H2,17,20). The summed E-state index contributed by atoms with van der Waals surface area (Å²) in [5.74, 6) is 1.18. The molecule has 4 N–H and O–H groups in total. The quantitative estimate of drug-likeness (QED) is 0.744. The molecule has 0 aliphatic rings. The van der Waals surface area contributed by atoms with Crippen LogP contribution in [0.3, 0.4) is 0 Å². The van der Waals surface area contributed by atoms with Crippen LogP contribution in [-0.2, 0) is 17.9 Å². The summed E-state index contributed by atoms with van der Waals surface area (Å²) in [5.41, 5.74) is 15.0. The van der Waals surface area contributed by atoms with E-state index in [1.54, 1.807) is 6.20 Å². The highest BCUT2D eigenvalue weighted by molar-refractivity contribution is 6.04. The Kier molecular flexibility index (Phi) is 3.91. The first-order chi connectivity index (χ1) is 10.9. The number of pyridine rings is 2. The molecule has 0 amide bonds. The van der Waals surface area contributed by atoms with Gasteiger partial charge in [0, 0.05) is 24.9 Å². The van der Waals surface area contributed by atoms with E-state index in [0.29, 0.717) is 31.1 Å². The van der Waals surface area contributed by atoms with Crippen LogP contribution in [0.1, 0.15) is 26.6 Å². The Morgan fingerprint density at radius 2 is 2.04 bits per heavy atom. The second kappa shape index (κ2) is 5.75. The molecular formula is C16H22N6O. The zero-order chi connectivity index (χ0) is 16.6. The van der Waals surface area contributed by atoms with Gasteiger partial charge in [0.15, 0.2) is 5.82 Å². The summed E-state index contributed by atoms with van der Waals surface area (Å²) in [6.07, 6.45) is 1.74. The van der Waals surface area contributed by atoms with Crippen molar-refractivity contribution in [2.75, 3.05) is 12.3 Å². The molecule has 0 spiro atoms. The largest absolute Gasteiger partial charge is 0.382 e. The van der Waals surface area contributed by atoms with Crippen molar-refractivity contribution in [2.24, 2.45) is 5.73 Å². The molecule has 0 atom stereocenters. The van der Waals surface area contributed by atoms with E-state index in [1.165, 1.54) is 0 Å². The van der Waals surface area contributed by atoms with Crippen molar-refractivity contribution in [1.82, 2.24) is 19.5 Å². The molecule has 0 unspecified atom stereocenters. The van der Waals surface area contributed by atoms with Gasteiger partial charge in [0.25, 0.3) is 0 Å². The molecule has 0 bridgehead atoms. The number of hydrogen-bond donors (Lipinski definition) is 2. The highest BCUT2D eigenvalue weighted by Gasteiger charge is 2.22. The van der Waals surface area contributed by atoms with E-state index in [1.807, 2.05) is 32.9 Å². The van der Waals surface area contributed by atoms with Crippen LogP contribution < -0.4 is 11.5 Å². The molecule has 0 aliphatic carbocycles. The van der Waals surface area contributed by atoms with E-state index in [9.17, 15) is 0 Å². The molecule has 3 aromatic heterocycles. The average molecular weight is 314 g/mol. The van der Waals surface area contributed by atoms with Crippen LogP contribution in [-0.4, -0.2) is 31.7 Å². The van der Waals surface area contributed by atoms with Gasteiger partial charge < -0.3 is 20.8 Å². The minimum absolute atomic E-state index is 0.395. The first-order valence-electron chi connectivity index (χ1n) is 7.66. The van der Waals surface area contributed by atoms with Crippen molar-refractivity contribution in [3.8, 4) is 0 Å². The van der Waals surface area contributed by atoms with Gasteiger partial charge in [-0.15, -0.1) is 0 Å². The highest BCUT2D eigenvalue weighted by atomic mass is 16.5. The first kappa shape index (κ1) is 15.6. The normalized spacial score (nSPS) is 12.3. The van der Waals surface area contributed by atoms with Gasteiger partial charge in [-0.25, -0.2) is 9.97 Å². The van der Waals surface area contributed by atoms with Crippen LogP contribution >= 0.6 is 0 Å². The summed E-state index contributed by atoms with van der Waals surface area (Å²) in [5, 5.41) is 0.